The third kappa shape index (κ3) is 5.68. The number of benzene rings is 1. The topological polar surface area (TPSA) is 32.3 Å². The van der Waals surface area contributed by atoms with Gasteiger partial charge in [0.25, 0.3) is 0 Å². The van der Waals surface area contributed by atoms with Crippen LogP contribution in [0.3, 0.4) is 0 Å². The lowest BCUT2D eigenvalue weighted by molar-refractivity contribution is -0.122. The van der Waals surface area contributed by atoms with Crippen LogP contribution in [0.2, 0.25) is 5.02 Å². The number of amides is 1. The molecule has 3 nitrogen and oxygen atoms in total. The molecule has 1 aromatic rings. The minimum absolute atomic E-state index is 0.107. The Kier molecular flexibility index (Phi) is 6.52. The van der Waals surface area contributed by atoms with Crippen LogP contribution >= 0.6 is 11.6 Å². The Hall–Kier alpha value is -1.06. The molecule has 1 aromatic carbocycles. The van der Waals surface area contributed by atoms with Crippen molar-refractivity contribution in [3.63, 3.8) is 0 Å². The van der Waals surface area contributed by atoms with Crippen molar-refractivity contribution in [1.29, 1.82) is 0 Å². The summed E-state index contributed by atoms with van der Waals surface area (Å²) in [7, 11) is 1.95. The van der Waals surface area contributed by atoms with Crippen molar-refractivity contribution in [2.75, 3.05) is 20.1 Å². The van der Waals surface area contributed by atoms with Crippen LogP contribution in [0.15, 0.2) is 24.3 Å². The van der Waals surface area contributed by atoms with E-state index in [0.717, 1.165) is 17.1 Å². The predicted octanol–water partition coefficient (Wildman–Crippen LogP) is 3.47. The highest BCUT2D eigenvalue weighted by molar-refractivity contribution is 6.31. The van der Waals surface area contributed by atoms with E-state index in [4.69, 9.17) is 11.6 Å². The Bertz CT molecular complexity index is 458. The van der Waals surface area contributed by atoms with Gasteiger partial charge in [0.05, 0.1) is 6.54 Å². The quantitative estimate of drug-likeness (QED) is 0.873. The van der Waals surface area contributed by atoms with Crippen LogP contribution in [0, 0.1) is 5.92 Å². The molecule has 1 aliphatic rings. The minimum Gasteiger partial charge on any atom is -0.355 e. The molecule has 0 aliphatic heterocycles. The molecule has 1 N–H and O–H groups in total. The fourth-order valence-corrected chi connectivity index (χ4v) is 3.12. The highest BCUT2D eigenvalue weighted by atomic mass is 35.5. The summed E-state index contributed by atoms with van der Waals surface area (Å²) < 4.78 is 0. The fourth-order valence-electron chi connectivity index (χ4n) is 2.92. The van der Waals surface area contributed by atoms with Crippen LogP contribution in [0.25, 0.3) is 0 Å². The Labute approximate surface area is 132 Å². The summed E-state index contributed by atoms with van der Waals surface area (Å²) in [6.07, 6.45) is 6.50. The number of rotatable bonds is 6. The van der Waals surface area contributed by atoms with Crippen molar-refractivity contribution < 1.29 is 4.79 Å². The SMILES string of the molecule is CN(CC(=O)NCC1CCCCC1)Cc1ccccc1Cl. The molecule has 0 bridgehead atoms. The summed E-state index contributed by atoms with van der Waals surface area (Å²) in [6.45, 7) is 1.94. The molecular weight excluding hydrogens is 284 g/mol. The predicted molar refractivity (Wildman–Crippen MR) is 87.4 cm³/mol. The van der Waals surface area contributed by atoms with Crippen molar-refractivity contribution >= 4 is 17.5 Å². The van der Waals surface area contributed by atoms with Gasteiger partial charge in [-0.1, -0.05) is 49.1 Å². The number of carbonyl (C=O) groups excluding carboxylic acids is 1. The zero-order valence-corrected chi connectivity index (χ0v) is 13.5. The Balaban J connectivity index is 1.70. The van der Waals surface area contributed by atoms with Gasteiger partial charge in [-0.15, -0.1) is 0 Å². The van der Waals surface area contributed by atoms with Gasteiger partial charge >= 0.3 is 0 Å². The second kappa shape index (κ2) is 8.40. The number of hydrogen-bond acceptors (Lipinski definition) is 2. The van der Waals surface area contributed by atoms with Crippen molar-refractivity contribution in [1.82, 2.24) is 10.2 Å². The molecule has 0 unspecified atom stereocenters. The van der Waals surface area contributed by atoms with Gasteiger partial charge in [0.15, 0.2) is 0 Å². The Morgan fingerprint density at radius 3 is 2.71 bits per heavy atom. The second-order valence-corrected chi connectivity index (χ2v) is 6.48. The molecule has 0 radical (unpaired) electrons. The molecular formula is C17H25ClN2O. The van der Waals surface area contributed by atoms with Crippen molar-refractivity contribution in [2.45, 2.75) is 38.6 Å². The fraction of sp³-hybridized carbons (Fsp3) is 0.588. The van der Waals surface area contributed by atoms with Gasteiger partial charge in [-0.05, 0) is 37.4 Å². The number of likely N-dealkylation sites (N-methyl/N-ethyl adjacent to an activating group) is 1. The molecule has 21 heavy (non-hydrogen) atoms. The van der Waals surface area contributed by atoms with Gasteiger partial charge in [-0.3, -0.25) is 9.69 Å². The normalized spacial score (nSPS) is 16.1. The van der Waals surface area contributed by atoms with Gasteiger partial charge in [-0.2, -0.15) is 0 Å². The van der Waals surface area contributed by atoms with E-state index in [0.29, 0.717) is 19.0 Å². The average molecular weight is 309 g/mol. The average Bonchev–Trinajstić information content (AvgIpc) is 2.48. The van der Waals surface area contributed by atoms with Gasteiger partial charge in [0, 0.05) is 18.1 Å². The maximum Gasteiger partial charge on any atom is 0.234 e. The molecule has 0 atom stereocenters. The van der Waals surface area contributed by atoms with E-state index in [1.54, 1.807) is 0 Å². The largest absolute Gasteiger partial charge is 0.355 e. The third-order valence-corrected chi connectivity index (χ3v) is 4.49. The molecule has 0 saturated heterocycles. The summed E-state index contributed by atoms with van der Waals surface area (Å²) in [5.41, 5.74) is 1.06. The summed E-state index contributed by atoms with van der Waals surface area (Å²) in [5.74, 6) is 0.784. The number of carbonyl (C=O) groups is 1. The highest BCUT2D eigenvalue weighted by Crippen LogP contribution is 2.22. The van der Waals surface area contributed by atoms with E-state index >= 15 is 0 Å². The monoisotopic (exact) mass is 308 g/mol. The molecule has 2 rings (SSSR count). The molecule has 1 fully saturated rings. The van der Waals surface area contributed by atoms with E-state index in [-0.39, 0.29) is 5.91 Å². The lowest BCUT2D eigenvalue weighted by atomic mass is 9.89. The maximum absolute atomic E-state index is 12.0. The molecule has 116 valence electrons. The van der Waals surface area contributed by atoms with Gasteiger partial charge in [0.1, 0.15) is 0 Å². The van der Waals surface area contributed by atoms with Crippen molar-refractivity contribution in [3.05, 3.63) is 34.9 Å². The van der Waals surface area contributed by atoms with E-state index in [1.165, 1.54) is 32.1 Å². The van der Waals surface area contributed by atoms with E-state index in [9.17, 15) is 4.79 Å². The molecule has 1 amide bonds. The van der Waals surface area contributed by atoms with Crippen LogP contribution < -0.4 is 5.32 Å². The van der Waals surface area contributed by atoms with Gasteiger partial charge < -0.3 is 5.32 Å². The highest BCUT2D eigenvalue weighted by Gasteiger charge is 2.15. The first-order valence-electron chi connectivity index (χ1n) is 7.84. The molecule has 1 saturated carbocycles. The zero-order chi connectivity index (χ0) is 15.1. The molecule has 1 aliphatic carbocycles. The standard InChI is InChI=1S/C17H25ClN2O/c1-20(12-15-9-5-6-10-16(15)18)13-17(21)19-11-14-7-3-2-4-8-14/h5-6,9-10,14H,2-4,7-8,11-13H2,1H3,(H,19,21). The number of nitrogens with zero attached hydrogens (tertiary/aromatic N) is 1. The zero-order valence-electron chi connectivity index (χ0n) is 12.8. The van der Waals surface area contributed by atoms with E-state index < -0.39 is 0 Å². The number of hydrogen-bond donors (Lipinski definition) is 1. The van der Waals surface area contributed by atoms with Gasteiger partial charge in [-0.25, -0.2) is 0 Å². The smallest absolute Gasteiger partial charge is 0.234 e. The summed E-state index contributed by atoms with van der Waals surface area (Å²) in [6, 6.07) is 7.77. The molecule has 0 aromatic heterocycles. The van der Waals surface area contributed by atoms with Crippen LogP contribution in [0.1, 0.15) is 37.7 Å². The van der Waals surface area contributed by atoms with Crippen molar-refractivity contribution in [3.8, 4) is 0 Å². The lowest BCUT2D eigenvalue weighted by Crippen LogP contribution is -2.37. The minimum atomic E-state index is 0.107. The number of halogens is 1. The van der Waals surface area contributed by atoms with E-state index in [1.807, 2.05) is 36.2 Å². The first-order valence-corrected chi connectivity index (χ1v) is 8.21. The molecule has 0 heterocycles. The summed E-state index contributed by atoms with van der Waals surface area (Å²) >= 11 is 6.14. The first kappa shape index (κ1) is 16.3. The molecule has 0 spiro atoms. The Morgan fingerprint density at radius 2 is 2.00 bits per heavy atom. The lowest BCUT2D eigenvalue weighted by Gasteiger charge is -2.23. The maximum atomic E-state index is 12.0. The Morgan fingerprint density at radius 1 is 1.29 bits per heavy atom. The third-order valence-electron chi connectivity index (χ3n) is 4.12. The number of nitrogens with one attached hydrogen (secondary N) is 1. The van der Waals surface area contributed by atoms with Crippen LogP contribution in [0.4, 0.5) is 0 Å². The van der Waals surface area contributed by atoms with Crippen molar-refractivity contribution in [2.24, 2.45) is 5.92 Å². The summed E-state index contributed by atoms with van der Waals surface area (Å²) in [5, 5.41) is 3.83. The van der Waals surface area contributed by atoms with E-state index in [2.05, 4.69) is 5.32 Å². The molecule has 4 heteroatoms. The van der Waals surface area contributed by atoms with Crippen LogP contribution in [0.5, 0.6) is 0 Å². The van der Waals surface area contributed by atoms with Crippen LogP contribution in [-0.4, -0.2) is 30.9 Å². The summed E-state index contributed by atoms with van der Waals surface area (Å²) in [4.78, 5) is 14.0. The van der Waals surface area contributed by atoms with Gasteiger partial charge in [0.2, 0.25) is 5.91 Å². The van der Waals surface area contributed by atoms with Crippen LogP contribution in [-0.2, 0) is 11.3 Å². The second-order valence-electron chi connectivity index (χ2n) is 6.07. The first-order chi connectivity index (χ1) is 10.1.